The molecule has 2 rings (SSSR count). The van der Waals surface area contributed by atoms with Crippen LogP contribution < -0.4 is 10.4 Å². The van der Waals surface area contributed by atoms with E-state index < -0.39 is 17.6 Å². The molecule has 0 fully saturated rings. The molecule has 0 aromatic heterocycles. The van der Waals surface area contributed by atoms with Gasteiger partial charge in [0.25, 0.3) is 0 Å². The Balaban J connectivity index is 2.46. The lowest BCUT2D eigenvalue weighted by Crippen LogP contribution is -2.60. The average molecular weight is 563 g/mol. The smallest absolute Gasteiger partial charge is 0.367 e. The summed E-state index contributed by atoms with van der Waals surface area (Å²) in [7, 11) is -6.22. The maximum Gasteiger partial charge on any atom is 0.537 e. The fraction of sp³-hybridized carbons (Fsp3) is 0.600. The van der Waals surface area contributed by atoms with E-state index in [1.807, 2.05) is 83.1 Å². The molecule has 214 valence electrons. The molecular weight excluding hydrogens is 512 g/mol. The summed E-state index contributed by atoms with van der Waals surface area (Å²) in [4.78, 5) is 0. The molecule has 2 aromatic rings. The summed E-state index contributed by atoms with van der Waals surface area (Å²) in [5.74, 6) is 0. The lowest BCUT2D eigenvalue weighted by atomic mass is 10.1. The van der Waals surface area contributed by atoms with E-state index in [4.69, 9.17) is 26.6 Å². The Kier molecular flexibility index (Phi) is 12.4. The molecule has 0 aliphatic carbocycles. The number of benzene rings is 2. The van der Waals surface area contributed by atoms with Crippen LogP contribution in [0.1, 0.15) is 83.1 Å². The molecule has 8 heteroatoms. The average Bonchev–Trinajstić information content (AvgIpc) is 2.76. The van der Waals surface area contributed by atoms with E-state index in [2.05, 4.69) is 48.5 Å². The third kappa shape index (κ3) is 9.38. The number of hydrogen-bond acceptors (Lipinski definition) is 6. The minimum absolute atomic E-state index is 0.0232. The van der Waals surface area contributed by atoms with Crippen molar-refractivity contribution < 1.29 is 26.6 Å². The van der Waals surface area contributed by atoms with Crippen molar-refractivity contribution in [2.24, 2.45) is 0 Å². The second-order valence-corrected chi connectivity index (χ2v) is 16.1. The van der Waals surface area contributed by atoms with Crippen LogP contribution in [0.15, 0.2) is 48.5 Å². The van der Waals surface area contributed by atoms with Gasteiger partial charge in [0.1, 0.15) is 0 Å². The molecule has 0 saturated carbocycles. The van der Waals surface area contributed by atoms with E-state index in [1.165, 1.54) is 0 Å². The molecule has 0 aliphatic heterocycles. The topological polar surface area (TPSA) is 55.4 Å². The van der Waals surface area contributed by atoms with E-state index in [9.17, 15) is 0 Å². The molecule has 0 amide bonds. The fourth-order valence-corrected chi connectivity index (χ4v) is 10.2. The van der Waals surface area contributed by atoms with Crippen LogP contribution in [0.2, 0.25) is 0 Å². The van der Waals surface area contributed by atoms with Crippen molar-refractivity contribution in [1.82, 2.24) is 0 Å². The molecule has 0 bridgehead atoms. The van der Waals surface area contributed by atoms with Gasteiger partial charge in [0.2, 0.25) is 0 Å². The Labute approximate surface area is 233 Å². The monoisotopic (exact) mass is 562 g/mol. The quantitative estimate of drug-likeness (QED) is 0.241. The van der Waals surface area contributed by atoms with E-state index in [0.29, 0.717) is 0 Å². The zero-order chi connectivity index (χ0) is 28.7. The molecule has 38 heavy (non-hydrogen) atoms. The summed E-state index contributed by atoms with van der Waals surface area (Å²) in [6.45, 7) is 24.2. The molecule has 0 unspecified atom stereocenters. The van der Waals surface area contributed by atoms with Crippen LogP contribution in [0.4, 0.5) is 0 Å². The van der Waals surface area contributed by atoms with Crippen LogP contribution in [-0.2, 0) is 26.6 Å². The van der Waals surface area contributed by atoms with Gasteiger partial charge in [0, 0.05) is 47.0 Å². The van der Waals surface area contributed by atoms with Crippen molar-refractivity contribution in [2.75, 3.05) is 0 Å². The van der Waals surface area contributed by atoms with E-state index in [1.54, 1.807) is 0 Å². The Hall–Kier alpha value is -1.37. The van der Waals surface area contributed by atoms with Crippen LogP contribution in [0.3, 0.4) is 0 Å². The zero-order valence-corrected chi connectivity index (χ0v) is 27.5. The highest BCUT2D eigenvalue weighted by atomic mass is 28.4. The molecule has 0 radical (unpaired) electrons. The fourth-order valence-electron chi connectivity index (χ4n) is 4.17. The summed E-state index contributed by atoms with van der Waals surface area (Å²) >= 11 is 0. The maximum atomic E-state index is 6.40. The molecule has 0 spiro atoms. The predicted octanol–water partition coefficient (Wildman–Crippen LogP) is 6.20. The molecule has 0 atom stereocenters. The molecule has 0 saturated heterocycles. The minimum Gasteiger partial charge on any atom is -0.367 e. The zero-order valence-electron chi connectivity index (χ0n) is 25.5. The Morgan fingerprint density at radius 2 is 0.526 bits per heavy atom. The van der Waals surface area contributed by atoms with Gasteiger partial charge in [-0.05, 0) is 94.2 Å². The summed E-state index contributed by atoms with van der Waals surface area (Å²) in [6.07, 6.45) is -0.139. The molecule has 2 aromatic carbocycles. The van der Waals surface area contributed by atoms with Crippen molar-refractivity contribution in [3.63, 3.8) is 0 Å². The van der Waals surface area contributed by atoms with Crippen molar-refractivity contribution in [3.05, 3.63) is 48.5 Å². The highest BCUT2D eigenvalue weighted by molar-refractivity contribution is 6.76. The summed E-state index contributed by atoms with van der Waals surface area (Å²) in [5.41, 5.74) is 2.18. The summed E-state index contributed by atoms with van der Waals surface area (Å²) in [6, 6.07) is 16.7. The van der Waals surface area contributed by atoms with Crippen LogP contribution in [0.25, 0.3) is 11.1 Å². The lowest BCUT2D eigenvalue weighted by molar-refractivity contribution is 0.0142. The lowest BCUT2D eigenvalue weighted by Gasteiger charge is -2.35. The first kappa shape index (κ1) is 32.8. The van der Waals surface area contributed by atoms with Crippen LogP contribution in [-0.4, -0.2) is 54.2 Å². The minimum atomic E-state index is -3.11. The van der Waals surface area contributed by atoms with Crippen LogP contribution in [0.5, 0.6) is 0 Å². The highest BCUT2D eigenvalue weighted by Crippen LogP contribution is 2.24. The van der Waals surface area contributed by atoms with Crippen molar-refractivity contribution in [1.29, 1.82) is 0 Å². The Morgan fingerprint density at radius 3 is 0.684 bits per heavy atom. The standard InChI is InChI=1S/C30H50O6Si2/c1-21(2)31-37(32-22(3)4,33-23(5)6)29-17-13-27(14-18-29)28-15-19-30(20-16-28)38(34-24(7)8,35-25(9)10)36-26(11)12/h13-26H,1-12H3. The number of rotatable bonds is 15. The van der Waals surface area contributed by atoms with Gasteiger partial charge in [0.15, 0.2) is 0 Å². The SMILES string of the molecule is CC(C)O[Si](OC(C)C)(OC(C)C)c1ccc(-c2ccc([Si](OC(C)C)(OC(C)C)OC(C)C)cc2)cc1. The second-order valence-electron chi connectivity index (χ2n) is 11.3. The first-order valence-electron chi connectivity index (χ1n) is 14.0. The third-order valence-electron chi connectivity index (χ3n) is 5.16. The van der Waals surface area contributed by atoms with Gasteiger partial charge in [-0.2, -0.15) is 0 Å². The molecule has 0 heterocycles. The molecule has 0 N–H and O–H groups in total. The number of hydrogen-bond donors (Lipinski definition) is 0. The summed E-state index contributed by atoms with van der Waals surface area (Å²) in [5, 5.41) is 1.92. The van der Waals surface area contributed by atoms with Crippen LogP contribution in [0, 0.1) is 0 Å². The van der Waals surface area contributed by atoms with Crippen LogP contribution >= 0.6 is 0 Å². The Morgan fingerprint density at radius 1 is 0.342 bits per heavy atom. The normalized spacial score (nSPS) is 13.2. The largest absolute Gasteiger partial charge is 0.537 e. The van der Waals surface area contributed by atoms with Gasteiger partial charge in [-0.3, -0.25) is 0 Å². The van der Waals surface area contributed by atoms with Crippen molar-refractivity contribution >= 4 is 28.0 Å². The van der Waals surface area contributed by atoms with E-state index in [-0.39, 0.29) is 36.6 Å². The third-order valence-corrected chi connectivity index (χ3v) is 11.9. The van der Waals surface area contributed by atoms with Gasteiger partial charge < -0.3 is 26.6 Å². The maximum absolute atomic E-state index is 6.40. The molecule has 6 nitrogen and oxygen atoms in total. The Bertz CT molecular complexity index is 823. The van der Waals surface area contributed by atoms with E-state index >= 15 is 0 Å². The molecular formula is C30H50O6Si2. The van der Waals surface area contributed by atoms with Gasteiger partial charge in [-0.15, -0.1) is 0 Å². The van der Waals surface area contributed by atoms with Crippen molar-refractivity contribution in [2.45, 2.75) is 120 Å². The predicted molar refractivity (Wildman–Crippen MR) is 160 cm³/mol. The van der Waals surface area contributed by atoms with E-state index in [0.717, 1.165) is 21.5 Å². The first-order valence-corrected chi connectivity index (χ1v) is 17.4. The first-order chi connectivity index (χ1) is 17.7. The molecule has 0 aliphatic rings. The highest BCUT2D eigenvalue weighted by Gasteiger charge is 2.48. The van der Waals surface area contributed by atoms with Gasteiger partial charge in [0.05, 0.1) is 0 Å². The second kappa shape index (κ2) is 14.3. The summed E-state index contributed by atoms with van der Waals surface area (Å²) < 4.78 is 38.4. The van der Waals surface area contributed by atoms with Gasteiger partial charge >= 0.3 is 17.6 Å². The van der Waals surface area contributed by atoms with Gasteiger partial charge in [-0.25, -0.2) is 0 Å². The van der Waals surface area contributed by atoms with Gasteiger partial charge in [-0.1, -0.05) is 48.5 Å². The van der Waals surface area contributed by atoms with Crippen molar-refractivity contribution in [3.8, 4) is 11.1 Å².